The minimum atomic E-state index is -1.01. The van der Waals surface area contributed by atoms with Gasteiger partial charge in [0.2, 0.25) is 0 Å². The van der Waals surface area contributed by atoms with Gasteiger partial charge in [0.1, 0.15) is 0 Å². The van der Waals surface area contributed by atoms with Crippen molar-refractivity contribution in [2.45, 2.75) is 26.8 Å². The van der Waals surface area contributed by atoms with E-state index in [2.05, 4.69) is 24.1 Å². The molecule has 1 heterocycles. The summed E-state index contributed by atoms with van der Waals surface area (Å²) < 4.78 is 0. The van der Waals surface area contributed by atoms with Crippen LogP contribution in [-0.2, 0) is 0 Å². The summed E-state index contributed by atoms with van der Waals surface area (Å²) in [6.45, 7) is 6.17. The first-order valence-electron chi connectivity index (χ1n) is 4.97. The zero-order valence-corrected chi connectivity index (χ0v) is 9.19. The van der Waals surface area contributed by atoms with E-state index in [-0.39, 0.29) is 11.7 Å². The number of carboxylic acids is 1. The molecule has 4 nitrogen and oxygen atoms in total. The fourth-order valence-corrected chi connectivity index (χ4v) is 1.10. The molecule has 0 unspecified atom stereocenters. The first-order valence-corrected chi connectivity index (χ1v) is 4.97. The van der Waals surface area contributed by atoms with Crippen LogP contribution in [0.3, 0.4) is 0 Å². The maximum Gasteiger partial charge on any atom is 0.356 e. The minimum Gasteiger partial charge on any atom is -0.476 e. The molecule has 15 heavy (non-hydrogen) atoms. The average Bonchev–Trinajstić information content (AvgIpc) is 2.18. The van der Waals surface area contributed by atoms with Gasteiger partial charge in [0, 0.05) is 12.2 Å². The molecule has 0 spiro atoms. The number of hydrogen-bond acceptors (Lipinski definition) is 3. The van der Waals surface area contributed by atoms with Crippen LogP contribution in [0.15, 0.2) is 18.3 Å². The Morgan fingerprint density at radius 2 is 2.13 bits per heavy atom. The summed E-state index contributed by atoms with van der Waals surface area (Å²) in [5, 5.41) is 12.1. The van der Waals surface area contributed by atoms with Crippen molar-refractivity contribution in [1.82, 2.24) is 4.98 Å². The zero-order chi connectivity index (χ0) is 11.4. The SMILES string of the molecule is CC(C)[C@H](C)Nc1cccnc1C(=O)O. The molecule has 1 aromatic rings. The molecule has 0 radical (unpaired) electrons. The maximum absolute atomic E-state index is 10.9. The molecule has 2 N–H and O–H groups in total. The van der Waals surface area contributed by atoms with Gasteiger partial charge in [-0.15, -0.1) is 0 Å². The maximum atomic E-state index is 10.9. The van der Waals surface area contributed by atoms with E-state index in [0.717, 1.165) is 0 Å². The number of rotatable bonds is 4. The molecule has 0 aromatic carbocycles. The van der Waals surface area contributed by atoms with Crippen LogP contribution in [0.2, 0.25) is 0 Å². The molecule has 0 saturated carbocycles. The Morgan fingerprint density at radius 1 is 1.47 bits per heavy atom. The van der Waals surface area contributed by atoms with Crippen LogP contribution in [-0.4, -0.2) is 22.1 Å². The van der Waals surface area contributed by atoms with Crippen molar-refractivity contribution in [2.24, 2.45) is 5.92 Å². The third-order valence-corrected chi connectivity index (χ3v) is 2.39. The summed E-state index contributed by atoms with van der Waals surface area (Å²) in [7, 11) is 0. The van der Waals surface area contributed by atoms with Crippen LogP contribution in [0.25, 0.3) is 0 Å². The highest BCUT2D eigenvalue weighted by Crippen LogP contribution is 2.15. The number of carboxylic acid groups (broad SMARTS) is 1. The van der Waals surface area contributed by atoms with E-state index in [1.807, 2.05) is 6.92 Å². The van der Waals surface area contributed by atoms with E-state index >= 15 is 0 Å². The number of carbonyl (C=O) groups is 1. The number of pyridine rings is 1. The van der Waals surface area contributed by atoms with E-state index in [4.69, 9.17) is 5.11 Å². The predicted molar refractivity (Wildman–Crippen MR) is 59.1 cm³/mol. The number of aromatic carboxylic acids is 1. The van der Waals surface area contributed by atoms with Gasteiger partial charge in [0.15, 0.2) is 5.69 Å². The zero-order valence-electron chi connectivity index (χ0n) is 9.19. The second-order valence-electron chi connectivity index (χ2n) is 3.88. The molecular formula is C11H16N2O2. The Balaban J connectivity index is 2.89. The number of nitrogens with one attached hydrogen (secondary N) is 1. The Morgan fingerprint density at radius 3 is 2.67 bits per heavy atom. The Labute approximate surface area is 89.3 Å². The number of hydrogen-bond donors (Lipinski definition) is 2. The molecule has 1 rings (SSSR count). The lowest BCUT2D eigenvalue weighted by molar-refractivity contribution is 0.0691. The van der Waals surface area contributed by atoms with Gasteiger partial charge in [0.25, 0.3) is 0 Å². The number of anilines is 1. The first-order chi connectivity index (χ1) is 7.02. The highest BCUT2D eigenvalue weighted by Gasteiger charge is 2.14. The van der Waals surface area contributed by atoms with Crippen LogP contribution in [0.1, 0.15) is 31.3 Å². The quantitative estimate of drug-likeness (QED) is 0.796. The highest BCUT2D eigenvalue weighted by atomic mass is 16.4. The molecular weight excluding hydrogens is 192 g/mol. The van der Waals surface area contributed by atoms with Crippen LogP contribution in [0, 0.1) is 5.92 Å². The van der Waals surface area contributed by atoms with Gasteiger partial charge < -0.3 is 10.4 Å². The molecule has 4 heteroatoms. The van der Waals surface area contributed by atoms with Gasteiger partial charge in [-0.1, -0.05) is 13.8 Å². The fourth-order valence-electron chi connectivity index (χ4n) is 1.10. The molecule has 0 aliphatic rings. The van der Waals surface area contributed by atoms with E-state index in [0.29, 0.717) is 11.6 Å². The van der Waals surface area contributed by atoms with Crippen molar-refractivity contribution in [3.8, 4) is 0 Å². The standard InChI is InChI=1S/C11H16N2O2/c1-7(2)8(3)13-9-5-4-6-12-10(9)11(14)15/h4-8,13H,1-3H3,(H,14,15)/t8-/m0/s1. The van der Waals surface area contributed by atoms with Crippen molar-refractivity contribution in [3.63, 3.8) is 0 Å². The minimum absolute atomic E-state index is 0.0741. The fraction of sp³-hybridized carbons (Fsp3) is 0.455. The summed E-state index contributed by atoms with van der Waals surface area (Å²) in [5.41, 5.74) is 0.649. The molecule has 0 amide bonds. The summed E-state index contributed by atoms with van der Waals surface area (Å²) >= 11 is 0. The summed E-state index contributed by atoms with van der Waals surface area (Å²) in [6, 6.07) is 3.67. The third kappa shape index (κ3) is 2.94. The third-order valence-electron chi connectivity index (χ3n) is 2.39. The van der Waals surface area contributed by atoms with Crippen molar-refractivity contribution < 1.29 is 9.90 Å². The molecule has 0 fully saturated rings. The van der Waals surface area contributed by atoms with Crippen LogP contribution in [0.4, 0.5) is 5.69 Å². The number of nitrogens with zero attached hydrogens (tertiary/aromatic N) is 1. The van der Waals surface area contributed by atoms with Crippen molar-refractivity contribution in [3.05, 3.63) is 24.0 Å². The lowest BCUT2D eigenvalue weighted by Crippen LogP contribution is -2.23. The normalized spacial score (nSPS) is 12.5. The predicted octanol–water partition coefficient (Wildman–Crippen LogP) is 2.24. The molecule has 0 aliphatic heterocycles. The first kappa shape index (κ1) is 11.5. The Hall–Kier alpha value is -1.58. The van der Waals surface area contributed by atoms with E-state index in [1.54, 1.807) is 12.1 Å². The number of aromatic nitrogens is 1. The van der Waals surface area contributed by atoms with Gasteiger partial charge in [-0.05, 0) is 25.0 Å². The van der Waals surface area contributed by atoms with E-state index in [1.165, 1.54) is 6.20 Å². The van der Waals surface area contributed by atoms with Gasteiger partial charge in [0.05, 0.1) is 5.69 Å². The molecule has 0 aliphatic carbocycles. The van der Waals surface area contributed by atoms with Crippen molar-refractivity contribution >= 4 is 11.7 Å². The van der Waals surface area contributed by atoms with E-state index < -0.39 is 5.97 Å². The van der Waals surface area contributed by atoms with Gasteiger partial charge in [-0.3, -0.25) is 0 Å². The van der Waals surface area contributed by atoms with Gasteiger partial charge in [-0.25, -0.2) is 9.78 Å². The highest BCUT2D eigenvalue weighted by molar-refractivity contribution is 5.91. The Bertz CT molecular complexity index is 350. The van der Waals surface area contributed by atoms with Gasteiger partial charge in [-0.2, -0.15) is 0 Å². The molecule has 82 valence electrons. The van der Waals surface area contributed by atoms with Crippen LogP contribution in [0.5, 0.6) is 0 Å². The van der Waals surface area contributed by atoms with Crippen LogP contribution >= 0.6 is 0 Å². The molecule has 0 saturated heterocycles. The molecule has 0 bridgehead atoms. The smallest absolute Gasteiger partial charge is 0.356 e. The average molecular weight is 208 g/mol. The molecule has 1 atom stereocenters. The van der Waals surface area contributed by atoms with Gasteiger partial charge >= 0.3 is 5.97 Å². The van der Waals surface area contributed by atoms with Crippen LogP contribution < -0.4 is 5.32 Å². The topological polar surface area (TPSA) is 62.2 Å². The molecule has 1 aromatic heterocycles. The largest absolute Gasteiger partial charge is 0.476 e. The van der Waals surface area contributed by atoms with Crippen molar-refractivity contribution in [1.29, 1.82) is 0 Å². The Kier molecular flexibility index (Phi) is 3.66. The lowest BCUT2D eigenvalue weighted by Gasteiger charge is -2.19. The van der Waals surface area contributed by atoms with Crippen molar-refractivity contribution in [2.75, 3.05) is 5.32 Å². The summed E-state index contributed by atoms with van der Waals surface area (Å²) in [4.78, 5) is 14.7. The summed E-state index contributed by atoms with van der Waals surface area (Å²) in [6.07, 6.45) is 1.48. The van der Waals surface area contributed by atoms with E-state index in [9.17, 15) is 4.79 Å². The second-order valence-corrected chi connectivity index (χ2v) is 3.88. The monoisotopic (exact) mass is 208 g/mol. The second kappa shape index (κ2) is 4.77. The lowest BCUT2D eigenvalue weighted by atomic mass is 10.1. The summed E-state index contributed by atoms with van der Waals surface area (Å²) in [5.74, 6) is -0.569.